The van der Waals surface area contributed by atoms with E-state index in [2.05, 4.69) is 10.1 Å². The van der Waals surface area contributed by atoms with Gasteiger partial charge in [-0.1, -0.05) is 35.5 Å². The van der Waals surface area contributed by atoms with Crippen molar-refractivity contribution in [2.75, 3.05) is 20.8 Å². The van der Waals surface area contributed by atoms with Crippen molar-refractivity contribution in [3.63, 3.8) is 0 Å². The van der Waals surface area contributed by atoms with Crippen LogP contribution >= 0.6 is 0 Å². The molecule has 0 bridgehead atoms. The van der Waals surface area contributed by atoms with Crippen molar-refractivity contribution < 1.29 is 18.8 Å². The molecule has 1 aliphatic heterocycles. The van der Waals surface area contributed by atoms with E-state index in [1.807, 2.05) is 30.3 Å². The van der Waals surface area contributed by atoms with E-state index >= 15 is 0 Å². The quantitative estimate of drug-likeness (QED) is 0.672. The van der Waals surface area contributed by atoms with Gasteiger partial charge in [0, 0.05) is 23.7 Å². The Morgan fingerprint density at radius 1 is 1.11 bits per heavy atom. The Bertz CT molecular complexity index is 949. The fourth-order valence-corrected chi connectivity index (χ4v) is 3.44. The van der Waals surface area contributed by atoms with Gasteiger partial charge in [0.1, 0.15) is 17.5 Å². The molecule has 1 atom stereocenters. The van der Waals surface area contributed by atoms with Crippen molar-refractivity contribution in [1.82, 2.24) is 15.0 Å². The predicted octanol–water partition coefficient (Wildman–Crippen LogP) is 3.73. The standard InChI is InChI=1S/C21H21N3O4/c1-26-16-11-15(12-17(13-16)27-2)21(25)24-10-6-9-18(24)20-22-19(23-28-20)14-7-4-3-5-8-14/h3-5,7-8,11-13,18H,6,9-10H2,1-2H3. The van der Waals surface area contributed by atoms with Crippen LogP contribution in [-0.4, -0.2) is 41.7 Å². The SMILES string of the molecule is COc1cc(OC)cc(C(=O)N2CCCC2c2nc(-c3ccccc3)no2)c1. The summed E-state index contributed by atoms with van der Waals surface area (Å²) in [5.41, 5.74) is 1.39. The normalized spacial score (nSPS) is 16.2. The Labute approximate surface area is 162 Å². The summed E-state index contributed by atoms with van der Waals surface area (Å²) in [4.78, 5) is 19.5. The predicted molar refractivity (Wildman–Crippen MR) is 102 cm³/mol. The Hall–Kier alpha value is -3.35. The van der Waals surface area contributed by atoms with Crippen molar-refractivity contribution in [2.45, 2.75) is 18.9 Å². The third-order valence-corrected chi connectivity index (χ3v) is 4.87. The zero-order chi connectivity index (χ0) is 19.5. The molecule has 28 heavy (non-hydrogen) atoms. The van der Waals surface area contributed by atoms with Gasteiger partial charge in [-0.25, -0.2) is 0 Å². The van der Waals surface area contributed by atoms with E-state index < -0.39 is 0 Å². The first-order chi connectivity index (χ1) is 13.7. The van der Waals surface area contributed by atoms with Crippen molar-refractivity contribution >= 4 is 5.91 Å². The summed E-state index contributed by atoms with van der Waals surface area (Å²) in [6.07, 6.45) is 1.66. The average molecular weight is 379 g/mol. The first kappa shape index (κ1) is 18.0. The Morgan fingerprint density at radius 3 is 2.50 bits per heavy atom. The molecule has 3 aromatic rings. The maximum absolute atomic E-state index is 13.2. The second-order valence-electron chi connectivity index (χ2n) is 6.58. The third kappa shape index (κ3) is 3.43. The molecule has 1 aliphatic rings. The van der Waals surface area contributed by atoms with Crippen LogP contribution in [0.15, 0.2) is 53.1 Å². The van der Waals surface area contributed by atoms with Gasteiger partial charge in [-0.2, -0.15) is 4.98 Å². The van der Waals surface area contributed by atoms with Crippen LogP contribution < -0.4 is 9.47 Å². The fraction of sp³-hybridized carbons (Fsp3) is 0.286. The highest BCUT2D eigenvalue weighted by Gasteiger charge is 2.35. The highest BCUT2D eigenvalue weighted by Crippen LogP contribution is 2.34. The molecule has 7 nitrogen and oxygen atoms in total. The highest BCUT2D eigenvalue weighted by molar-refractivity contribution is 5.95. The minimum Gasteiger partial charge on any atom is -0.497 e. The molecule has 1 aromatic heterocycles. The van der Waals surface area contributed by atoms with Crippen LogP contribution in [0.1, 0.15) is 35.1 Å². The van der Waals surface area contributed by atoms with Crippen LogP contribution in [0.25, 0.3) is 11.4 Å². The third-order valence-electron chi connectivity index (χ3n) is 4.87. The van der Waals surface area contributed by atoms with Crippen LogP contribution in [0.5, 0.6) is 11.5 Å². The molecule has 0 spiro atoms. The highest BCUT2D eigenvalue weighted by atomic mass is 16.5. The van der Waals surface area contributed by atoms with E-state index in [-0.39, 0.29) is 11.9 Å². The fourth-order valence-electron chi connectivity index (χ4n) is 3.44. The Morgan fingerprint density at radius 2 is 1.82 bits per heavy atom. The van der Waals surface area contributed by atoms with E-state index in [0.29, 0.717) is 35.3 Å². The Kier molecular flexibility index (Phi) is 4.97. The molecule has 2 heterocycles. The summed E-state index contributed by atoms with van der Waals surface area (Å²) in [5.74, 6) is 2.02. The number of carbonyl (C=O) groups excluding carboxylic acids is 1. The van der Waals surface area contributed by atoms with Crippen molar-refractivity contribution in [3.8, 4) is 22.9 Å². The second-order valence-corrected chi connectivity index (χ2v) is 6.58. The molecule has 1 amide bonds. The van der Waals surface area contributed by atoms with Crippen LogP contribution in [-0.2, 0) is 0 Å². The number of nitrogens with zero attached hydrogens (tertiary/aromatic N) is 3. The topological polar surface area (TPSA) is 77.7 Å². The summed E-state index contributed by atoms with van der Waals surface area (Å²) in [6.45, 7) is 0.631. The maximum Gasteiger partial charge on any atom is 0.254 e. The molecule has 1 unspecified atom stereocenters. The Balaban J connectivity index is 1.60. The maximum atomic E-state index is 13.2. The molecule has 4 rings (SSSR count). The number of aromatic nitrogens is 2. The first-order valence-electron chi connectivity index (χ1n) is 9.12. The zero-order valence-electron chi connectivity index (χ0n) is 15.8. The van der Waals surface area contributed by atoms with Gasteiger partial charge < -0.3 is 18.9 Å². The van der Waals surface area contributed by atoms with E-state index in [1.165, 1.54) is 0 Å². The molecule has 144 valence electrons. The van der Waals surface area contributed by atoms with E-state index in [0.717, 1.165) is 18.4 Å². The molecule has 2 aromatic carbocycles. The van der Waals surface area contributed by atoms with Gasteiger partial charge in [0.25, 0.3) is 5.91 Å². The number of ether oxygens (including phenoxy) is 2. The van der Waals surface area contributed by atoms with Gasteiger partial charge in [0.05, 0.1) is 14.2 Å². The number of hydrogen-bond donors (Lipinski definition) is 0. The van der Waals surface area contributed by atoms with Crippen LogP contribution in [0, 0.1) is 0 Å². The number of carbonyl (C=O) groups is 1. The molecule has 0 N–H and O–H groups in total. The largest absolute Gasteiger partial charge is 0.497 e. The van der Waals surface area contributed by atoms with Gasteiger partial charge in [-0.05, 0) is 25.0 Å². The number of hydrogen-bond acceptors (Lipinski definition) is 6. The van der Waals surface area contributed by atoms with E-state index in [9.17, 15) is 4.79 Å². The van der Waals surface area contributed by atoms with Crippen LogP contribution in [0.4, 0.5) is 0 Å². The van der Waals surface area contributed by atoms with Crippen LogP contribution in [0.3, 0.4) is 0 Å². The average Bonchev–Trinajstić information content (AvgIpc) is 3.42. The molecule has 0 radical (unpaired) electrons. The smallest absolute Gasteiger partial charge is 0.254 e. The summed E-state index contributed by atoms with van der Waals surface area (Å²) < 4.78 is 16.1. The van der Waals surface area contributed by atoms with Gasteiger partial charge in [0.2, 0.25) is 11.7 Å². The number of methoxy groups -OCH3 is 2. The number of rotatable bonds is 5. The lowest BCUT2D eigenvalue weighted by Gasteiger charge is -2.22. The summed E-state index contributed by atoms with van der Waals surface area (Å²) >= 11 is 0. The molecule has 1 saturated heterocycles. The van der Waals surface area contributed by atoms with E-state index in [1.54, 1.807) is 37.3 Å². The monoisotopic (exact) mass is 379 g/mol. The summed E-state index contributed by atoms with van der Waals surface area (Å²) in [5, 5.41) is 4.09. The lowest BCUT2D eigenvalue weighted by atomic mass is 10.1. The minimum atomic E-state index is -0.241. The lowest BCUT2D eigenvalue weighted by Crippen LogP contribution is -2.30. The van der Waals surface area contributed by atoms with Crippen molar-refractivity contribution in [2.24, 2.45) is 0 Å². The lowest BCUT2D eigenvalue weighted by molar-refractivity contribution is 0.0709. The molecule has 0 aliphatic carbocycles. The molecular weight excluding hydrogens is 358 g/mol. The van der Waals surface area contributed by atoms with Gasteiger partial charge in [-0.3, -0.25) is 4.79 Å². The second kappa shape index (κ2) is 7.72. The van der Waals surface area contributed by atoms with Crippen molar-refractivity contribution in [3.05, 3.63) is 60.0 Å². The van der Waals surface area contributed by atoms with Crippen molar-refractivity contribution in [1.29, 1.82) is 0 Å². The zero-order valence-corrected chi connectivity index (χ0v) is 15.8. The van der Waals surface area contributed by atoms with E-state index in [4.69, 9.17) is 14.0 Å². The number of amides is 1. The van der Waals surface area contributed by atoms with Crippen LogP contribution in [0.2, 0.25) is 0 Å². The molecule has 7 heteroatoms. The van der Waals surface area contributed by atoms with Gasteiger partial charge >= 0.3 is 0 Å². The summed E-state index contributed by atoms with van der Waals surface area (Å²) in [7, 11) is 3.12. The number of likely N-dealkylation sites (tertiary alicyclic amines) is 1. The molecular formula is C21H21N3O4. The minimum absolute atomic E-state index is 0.112. The molecule has 1 fully saturated rings. The molecule has 0 saturated carbocycles. The summed E-state index contributed by atoms with van der Waals surface area (Å²) in [6, 6.07) is 14.6. The van der Waals surface area contributed by atoms with Gasteiger partial charge in [0.15, 0.2) is 0 Å². The van der Waals surface area contributed by atoms with Gasteiger partial charge in [-0.15, -0.1) is 0 Å². The number of benzene rings is 2. The first-order valence-corrected chi connectivity index (χ1v) is 9.12.